The molecule has 0 aliphatic heterocycles. The summed E-state index contributed by atoms with van der Waals surface area (Å²) in [5.41, 5.74) is 0.739. The monoisotopic (exact) mass is 448 g/mol. The smallest absolute Gasteiger partial charge is 0.317 e. The molecule has 0 fully saturated rings. The molecular formula is C18H13ClN4O4S2. The van der Waals surface area contributed by atoms with Crippen LogP contribution in [0.3, 0.4) is 0 Å². The van der Waals surface area contributed by atoms with E-state index in [4.69, 9.17) is 25.2 Å². The number of halogens is 1. The van der Waals surface area contributed by atoms with E-state index >= 15 is 0 Å². The highest BCUT2D eigenvalue weighted by Crippen LogP contribution is 2.27. The molecule has 1 aromatic carbocycles. The predicted octanol–water partition coefficient (Wildman–Crippen LogP) is 4.90. The number of thioether (sulfide) groups is 1. The average molecular weight is 449 g/mol. The molecule has 0 radical (unpaired) electrons. The Hall–Kier alpha value is -2.69. The fourth-order valence-corrected chi connectivity index (χ4v) is 3.59. The summed E-state index contributed by atoms with van der Waals surface area (Å²) in [5.74, 6) is 0.503. The lowest BCUT2D eigenvalue weighted by Crippen LogP contribution is -2.11. The summed E-state index contributed by atoms with van der Waals surface area (Å²) in [7, 11) is 0. The van der Waals surface area contributed by atoms with Gasteiger partial charge in [-0.25, -0.2) is 0 Å². The van der Waals surface area contributed by atoms with Crippen LogP contribution in [0.5, 0.6) is 0 Å². The first-order chi connectivity index (χ1) is 14.1. The first-order valence-electron chi connectivity index (χ1n) is 8.37. The minimum atomic E-state index is -0.670. The number of nitrogens with zero attached hydrogens (tertiary/aromatic N) is 4. The Labute approximate surface area is 178 Å². The third kappa shape index (κ3) is 4.84. The number of hydrogen-bond donors (Lipinski definition) is 0. The summed E-state index contributed by atoms with van der Waals surface area (Å²) >= 11 is 8.43. The Morgan fingerprint density at radius 2 is 1.93 bits per heavy atom. The third-order valence-electron chi connectivity index (χ3n) is 3.64. The highest BCUT2D eigenvalue weighted by Gasteiger charge is 2.20. The molecule has 8 nitrogen and oxygen atoms in total. The van der Waals surface area contributed by atoms with Gasteiger partial charge in [0, 0.05) is 10.6 Å². The lowest BCUT2D eigenvalue weighted by Gasteiger charge is -2.08. The van der Waals surface area contributed by atoms with Gasteiger partial charge in [0.1, 0.15) is 5.75 Å². The summed E-state index contributed by atoms with van der Waals surface area (Å²) in [6.45, 7) is 1.67. The molecule has 4 aromatic rings. The van der Waals surface area contributed by atoms with Crippen LogP contribution in [0, 0.1) is 0 Å². The number of thiophene rings is 1. The fourth-order valence-electron chi connectivity index (χ4n) is 2.28. The molecule has 11 heteroatoms. The molecule has 0 N–H and O–H groups in total. The van der Waals surface area contributed by atoms with Crippen molar-refractivity contribution in [2.75, 3.05) is 5.75 Å². The van der Waals surface area contributed by atoms with E-state index in [9.17, 15) is 4.79 Å². The van der Waals surface area contributed by atoms with Crippen LogP contribution >= 0.6 is 34.7 Å². The summed E-state index contributed by atoms with van der Waals surface area (Å²) in [6, 6.07) is 10.8. The molecule has 0 amide bonds. The molecule has 3 heterocycles. The van der Waals surface area contributed by atoms with Crippen LogP contribution in [0.4, 0.5) is 0 Å². The quantitative estimate of drug-likeness (QED) is 0.288. The topological polar surface area (TPSA) is 104 Å². The van der Waals surface area contributed by atoms with Crippen LogP contribution in [0.1, 0.15) is 18.9 Å². The van der Waals surface area contributed by atoms with Crippen LogP contribution in [-0.4, -0.2) is 32.1 Å². The first-order valence-corrected chi connectivity index (χ1v) is 10.6. The molecule has 148 valence electrons. The number of carbonyl (C=O) groups is 1. The fraction of sp³-hybridized carbons (Fsp3) is 0.167. The van der Waals surface area contributed by atoms with Gasteiger partial charge in [0.05, 0.1) is 4.88 Å². The van der Waals surface area contributed by atoms with Gasteiger partial charge >= 0.3 is 5.97 Å². The lowest BCUT2D eigenvalue weighted by atomic mass is 10.2. The average Bonchev–Trinajstić information content (AvgIpc) is 3.48. The number of ether oxygens (including phenoxy) is 1. The van der Waals surface area contributed by atoms with E-state index in [1.54, 1.807) is 31.2 Å². The summed E-state index contributed by atoms with van der Waals surface area (Å²) in [4.78, 5) is 13.0. The Balaban J connectivity index is 1.30. The van der Waals surface area contributed by atoms with Crippen molar-refractivity contribution in [2.45, 2.75) is 18.3 Å². The highest BCUT2D eigenvalue weighted by atomic mass is 35.5. The standard InChI is InChI=1S/C18H13ClN4O4S2/c1-10(15-20-22-17(26-15)13-3-2-8-28-13)25-14(24)9-29-18-23-21-16(27-18)11-4-6-12(19)7-5-11/h2-8,10H,9H2,1H3/t10-/m0/s1. The van der Waals surface area contributed by atoms with E-state index in [1.165, 1.54) is 11.3 Å². The van der Waals surface area contributed by atoms with Crippen LogP contribution in [0.2, 0.25) is 5.02 Å². The van der Waals surface area contributed by atoms with Gasteiger partial charge in [-0.2, -0.15) is 0 Å². The van der Waals surface area contributed by atoms with Gasteiger partial charge in [-0.15, -0.1) is 31.7 Å². The SMILES string of the molecule is C[C@H](OC(=O)CSc1nnc(-c2ccc(Cl)cc2)o1)c1nnc(-c2cccs2)o1. The normalized spacial score (nSPS) is 12.1. The molecule has 0 saturated heterocycles. The lowest BCUT2D eigenvalue weighted by molar-refractivity contribution is -0.146. The molecule has 29 heavy (non-hydrogen) atoms. The van der Waals surface area contributed by atoms with E-state index < -0.39 is 12.1 Å². The first kappa shape index (κ1) is 19.6. The van der Waals surface area contributed by atoms with Gasteiger partial charge in [-0.3, -0.25) is 4.79 Å². The summed E-state index contributed by atoms with van der Waals surface area (Å²) in [6.07, 6.45) is -0.670. The van der Waals surface area contributed by atoms with E-state index in [1.807, 2.05) is 17.5 Å². The zero-order chi connectivity index (χ0) is 20.2. The predicted molar refractivity (Wildman–Crippen MR) is 108 cm³/mol. The van der Waals surface area contributed by atoms with E-state index in [0.29, 0.717) is 16.8 Å². The van der Waals surface area contributed by atoms with E-state index in [0.717, 1.165) is 22.2 Å². The summed E-state index contributed by atoms with van der Waals surface area (Å²) < 4.78 is 16.4. The molecule has 4 rings (SSSR count). The minimum absolute atomic E-state index is 0.00148. The highest BCUT2D eigenvalue weighted by molar-refractivity contribution is 7.99. The van der Waals surface area contributed by atoms with Gasteiger partial charge in [-0.05, 0) is 42.6 Å². The van der Waals surface area contributed by atoms with Crippen molar-refractivity contribution in [3.63, 3.8) is 0 Å². The van der Waals surface area contributed by atoms with Crippen LogP contribution in [-0.2, 0) is 9.53 Å². The molecule has 0 aliphatic rings. The van der Waals surface area contributed by atoms with Crippen LogP contribution in [0.15, 0.2) is 55.8 Å². The van der Waals surface area contributed by atoms with Gasteiger partial charge in [-0.1, -0.05) is 29.4 Å². The van der Waals surface area contributed by atoms with Gasteiger partial charge in [0.2, 0.25) is 5.89 Å². The second kappa shape index (κ2) is 8.76. The Morgan fingerprint density at radius 1 is 1.14 bits per heavy atom. The largest absolute Gasteiger partial charge is 0.452 e. The number of aromatic nitrogens is 4. The number of benzene rings is 1. The maximum atomic E-state index is 12.1. The second-order valence-corrected chi connectivity index (χ2v) is 8.03. The zero-order valence-electron chi connectivity index (χ0n) is 14.9. The molecule has 0 aliphatic carbocycles. The molecule has 0 unspecified atom stereocenters. The number of esters is 1. The van der Waals surface area contributed by atoms with Crippen LogP contribution < -0.4 is 0 Å². The molecule has 0 spiro atoms. The maximum Gasteiger partial charge on any atom is 0.317 e. The third-order valence-corrected chi connectivity index (χ3v) is 5.54. The molecule has 0 saturated carbocycles. The van der Waals surface area contributed by atoms with Gasteiger partial charge in [0.15, 0.2) is 6.10 Å². The maximum absolute atomic E-state index is 12.1. The van der Waals surface area contributed by atoms with Crippen molar-refractivity contribution < 1.29 is 18.4 Å². The summed E-state index contributed by atoms with van der Waals surface area (Å²) in [5, 5.41) is 18.6. The van der Waals surface area contributed by atoms with Crippen molar-refractivity contribution in [3.05, 3.63) is 52.7 Å². The second-order valence-electron chi connectivity index (χ2n) is 5.72. The Bertz CT molecular complexity index is 1100. The van der Waals surface area contributed by atoms with Crippen molar-refractivity contribution in [1.82, 2.24) is 20.4 Å². The van der Waals surface area contributed by atoms with Gasteiger partial charge in [0.25, 0.3) is 17.0 Å². The molecule has 3 aromatic heterocycles. The van der Waals surface area contributed by atoms with E-state index in [2.05, 4.69) is 20.4 Å². The zero-order valence-corrected chi connectivity index (χ0v) is 17.3. The number of hydrogen-bond acceptors (Lipinski definition) is 10. The van der Waals surface area contributed by atoms with Crippen molar-refractivity contribution >= 4 is 40.7 Å². The van der Waals surface area contributed by atoms with Crippen molar-refractivity contribution in [2.24, 2.45) is 0 Å². The Morgan fingerprint density at radius 3 is 2.69 bits per heavy atom. The van der Waals surface area contributed by atoms with Crippen molar-refractivity contribution in [3.8, 4) is 22.2 Å². The molecular weight excluding hydrogens is 436 g/mol. The number of rotatable bonds is 7. The van der Waals surface area contributed by atoms with E-state index in [-0.39, 0.29) is 16.9 Å². The van der Waals surface area contributed by atoms with Crippen LogP contribution in [0.25, 0.3) is 22.2 Å². The Kier molecular flexibility index (Phi) is 5.93. The minimum Gasteiger partial charge on any atom is -0.452 e. The van der Waals surface area contributed by atoms with Crippen molar-refractivity contribution in [1.29, 1.82) is 0 Å². The number of carbonyl (C=O) groups excluding carboxylic acids is 1. The van der Waals surface area contributed by atoms with Gasteiger partial charge < -0.3 is 13.6 Å². The molecule has 0 bridgehead atoms. The molecule has 1 atom stereocenters.